The number of alkyl halides is 6. The van der Waals surface area contributed by atoms with Crippen molar-refractivity contribution in [3.63, 3.8) is 0 Å². The number of carbonyl (C=O) groups excluding carboxylic acids is 1. The zero-order chi connectivity index (χ0) is 31.6. The van der Waals surface area contributed by atoms with Crippen LogP contribution in [-0.2, 0) is 4.79 Å². The number of nitrogens with zero attached hydrogens (tertiary/aromatic N) is 3. The first-order valence-electron chi connectivity index (χ1n) is 13.2. The molecule has 15 heteroatoms. The Kier molecular flexibility index (Phi) is 8.21. The highest BCUT2D eigenvalue weighted by atomic mass is 19.4. The fourth-order valence-corrected chi connectivity index (χ4v) is 5.03. The number of likely N-dealkylation sites (tertiary alicyclic amines) is 1. The molecule has 3 aromatic heterocycles. The molecule has 6 rings (SSSR count). The van der Waals surface area contributed by atoms with Crippen molar-refractivity contribution in [2.24, 2.45) is 0 Å². The van der Waals surface area contributed by atoms with Crippen molar-refractivity contribution in [2.75, 3.05) is 13.1 Å². The fourth-order valence-electron chi connectivity index (χ4n) is 5.03. The van der Waals surface area contributed by atoms with Gasteiger partial charge in [-0.25, -0.2) is 14.8 Å². The lowest BCUT2D eigenvalue weighted by molar-refractivity contribution is -0.274. The monoisotopic (exact) mass is 619 g/mol. The van der Waals surface area contributed by atoms with Gasteiger partial charge in [-0.05, 0) is 60.7 Å². The van der Waals surface area contributed by atoms with E-state index >= 15 is 0 Å². The highest BCUT2D eigenvalue weighted by Gasteiger charge is 2.38. The van der Waals surface area contributed by atoms with Crippen molar-refractivity contribution >= 4 is 33.9 Å². The minimum atomic E-state index is -5.08. The lowest BCUT2D eigenvalue weighted by Gasteiger charge is -2.32. The van der Waals surface area contributed by atoms with Crippen molar-refractivity contribution in [3.8, 4) is 17.1 Å². The molecule has 1 saturated heterocycles. The molecule has 1 fully saturated rings. The lowest BCUT2D eigenvalue weighted by Crippen LogP contribution is -2.38. The van der Waals surface area contributed by atoms with E-state index in [9.17, 15) is 31.1 Å². The number of rotatable bonds is 4. The highest BCUT2D eigenvalue weighted by Crippen LogP contribution is 2.34. The number of aromatic amines is 2. The Morgan fingerprint density at radius 3 is 2.25 bits per heavy atom. The molecular weight excluding hydrogens is 596 g/mol. The zero-order valence-electron chi connectivity index (χ0n) is 22.5. The molecule has 0 radical (unpaired) electrons. The van der Waals surface area contributed by atoms with Crippen molar-refractivity contribution in [3.05, 3.63) is 78.1 Å². The zero-order valence-corrected chi connectivity index (χ0v) is 22.5. The van der Waals surface area contributed by atoms with Crippen LogP contribution in [0.3, 0.4) is 0 Å². The fraction of sp³-hybridized carbons (Fsp3) is 0.241. The molecular formula is C29H23F6N5O4. The minimum Gasteiger partial charge on any atom is -0.475 e. The number of benzene rings is 2. The lowest BCUT2D eigenvalue weighted by atomic mass is 9.89. The van der Waals surface area contributed by atoms with Crippen LogP contribution >= 0.6 is 0 Å². The van der Waals surface area contributed by atoms with Crippen molar-refractivity contribution in [2.45, 2.75) is 31.3 Å². The number of ether oxygens (including phenoxy) is 1. The van der Waals surface area contributed by atoms with Gasteiger partial charge in [0.1, 0.15) is 17.1 Å². The van der Waals surface area contributed by atoms with Crippen molar-refractivity contribution in [1.29, 1.82) is 0 Å². The molecule has 1 aliphatic rings. The molecule has 5 aromatic rings. The molecule has 4 heterocycles. The maximum Gasteiger partial charge on any atom is 0.573 e. The van der Waals surface area contributed by atoms with E-state index in [2.05, 4.69) is 19.7 Å². The number of fused-ring (bicyclic) bond motifs is 2. The van der Waals surface area contributed by atoms with Gasteiger partial charge in [0, 0.05) is 47.5 Å². The number of hydrogen-bond acceptors (Lipinski definition) is 5. The number of aromatic nitrogens is 4. The van der Waals surface area contributed by atoms with Crippen LogP contribution in [0.15, 0.2) is 67.0 Å². The molecule has 1 amide bonds. The van der Waals surface area contributed by atoms with Gasteiger partial charge in [-0.2, -0.15) is 13.2 Å². The maximum atomic E-state index is 12.9. The van der Waals surface area contributed by atoms with Gasteiger partial charge in [-0.15, -0.1) is 13.2 Å². The topological polar surface area (TPSA) is 124 Å². The number of pyridine rings is 1. The molecule has 0 spiro atoms. The summed E-state index contributed by atoms with van der Waals surface area (Å²) in [7, 11) is 0. The van der Waals surface area contributed by atoms with E-state index in [0.29, 0.717) is 18.7 Å². The van der Waals surface area contributed by atoms with Gasteiger partial charge in [0.2, 0.25) is 0 Å². The number of nitrogens with one attached hydrogen (secondary N) is 2. The van der Waals surface area contributed by atoms with E-state index in [1.165, 1.54) is 12.1 Å². The first kappa shape index (κ1) is 30.4. The molecule has 9 nitrogen and oxygen atoms in total. The molecule has 0 saturated carbocycles. The third-order valence-electron chi connectivity index (χ3n) is 7.06. The number of amides is 1. The second kappa shape index (κ2) is 11.9. The second-order valence-electron chi connectivity index (χ2n) is 9.87. The summed E-state index contributed by atoms with van der Waals surface area (Å²) in [6.07, 6.45) is -4.65. The van der Waals surface area contributed by atoms with Crippen LogP contribution < -0.4 is 4.74 Å². The summed E-state index contributed by atoms with van der Waals surface area (Å²) >= 11 is 0. The largest absolute Gasteiger partial charge is 0.573 e. The number of halogens is 6. The van der Waals surface area contributed by atoms with Gasteiger partial charge in [0.15, 0.2) is 5.65 Å². The van der Waals surface area contributed by atoms with Gasteiger partial charge < -0.3 is 24.7 Å². The number of H-pyrrole nitrogens is 2. The first-order valence-corrected chi connectivity index (χ1v) is 13.2. The number of piperidine rings is 1. The molecule has 0 unspecified atom stereocenters. The van der Waals surface area contributed by atoms with E-state index in [-0.39, 0.29) is 17.6 Å². The standard InChI is InChI=1S/C27H22F3N5O2.C2HF3O2/c28-27(29,30)37-18-7-5-17(6-8-18)26(36)35-13-10-16(11-14-35)19-9-12-31-25-23(19)33-24(34-25)21-15-32-22-4-2-1-3-20(21)22;3-2(4,5)1(6)7/h1-9,12,15-16,32H,10-11,13-14H2,(H,31,33,34);(H,6,7). The minimum absolute atomic E-state index is 0.205. The Morgan fingerprint density at radius 2 is 1.61 bits per heavy atom. The van der Waals surface area contributed by atoms with Crippen LogP contribution in [0.25, 0.3) is 33.5 Å². The number of hydrogen-bond donors (Lipinski definition) is 3. The Morgan fingerprint density at radius 1 is 0.955 bits per heavy atom. The Bertz CT molecular complexity index is 1790. The van der Waals surface area contributed by atoms with E-state index in [4.69, 9.17) is 14.9 Å². The molecule has 1 aliphatic heterocycles. The summed E-state index contributed by atoms with van der Waals surface area (Å²) in [6, 6.07) is 15.1. The van der Waals surface area contributed by atoms with Gasteiger partial charge >= 0.3 is 18.5 Å². The Labute approximate surface area is 244 Å². The molecule has 0 atom stereocenters. The van der Waals surface area contributed by atoms with E-state index in [1.807, 2.05) is 36.5 Å². The molecule has 230 valence electrons. The average molecular weight is 620 g/mol. The first-order chi connectivity index (χ1) is 20.8. The van der Waals surface area contributed by atoms with Crippen molar-refractivity contribution < 1.29 is 45.8 Å². The summed E-state index contributed by atoms with van der Waals surface area (Å²) in [5.74, 6) is -2.37. The second-order valence-corrected chi connectivity index (χ2v) is 9.87. The van der Waals surface area contributed by atoms with Crippen LogP contribution in [0.2, 0.25) is 0 Å². The van der Waals surface area contributed by atoms with Crippen LogP contribution in [-0.4, -0.2) is 67.4 Å². The molecule has 0 aliphatic carbocycles. The number of imidazole rings is 1. The molecule has 0 bridgehead atoms. The summed E-state index contributed by atoms with van der Waals surface area (Å²) < 4.78 is 72.8. The molecule has 44 heavy (non-hydrogen) atoms. The summed E-state index contributed by atoms with van der Waals surface area (Å²) in [5.41, 5.74) is 4.98. The van der Waals surface area contributed by atoms with Gasteiger partial charge in [-0.1, -0.05) is 18.2 Å². The quantitative estimate of drug-likeness (QED) is 0.193. The number of para-hydroxylation sites is 1. The molecule has 2 aromatic carbocycles. The number of carboxylic acid groups (broad SMARTS) is 1. The van der Waals surface area contributed by atoms with E-state index < -0.39 is 18.5 Å². The summed E-state index contributed by atoms with van der Waals surface area (Å²) in [5, 5.41) is 8.20. The third kappa shape index (κ3) is 6.76. The van der Waals surface area contributed by atoms with Crippen molar-refractivity contribution in [1.82, 2.24) is 24.8 Å². The predicted octanol–water partition coefficient (Wildman–Crippen LogP) is 6.66. The summed E-state index contributed by atoms with van der Waals surface area (Å²) in [6.45, 7) is 1.07. The third-order valence-corrected chi connectivity index (χ3v) is 7.06. The van der Waals surface area contributed by atoms with Crippen LogP contribution in [0.4, 0.5) is 26.3 Å². The molecule has 3 N–H and O–H groups in total. The van der Waals surface area contributed by atoms with Crippen LogP contribution in [0.1, 0.15) is 34.7 Å². The number of carbonyl (C=O) groups is 2. The maximum absolute atomic E-state index is 12.9. The van der Waals surface area contributed by atoms with E-state index in [0.717, 1.165) is 64.0 Å². The number of carboxylic acids is 1. The predicted molar refractivity (Wildman–Crippen MR) is 146 cm³/mol. The van der Waals surface area contributed by atoms with Gasteiger partial charge in [0.25, 0.3) is 5.91 Å². The highest BCUT2D eigenvalue weighted by molar-refractivity contribution is 5.96. The smallest absolute Gasteiger partial charge is 0.475 e. The van der Waals surface area contributed by atoms with Crippen LogP contribution in [0.5, 0.6) is 5.75 Å². The Hall–Kier alpha value is -5.08. The van der Waals surface area contributed by atoms with Crippen LogP contribution in [0, 0.1) is 0 Å². The van der Waals surface area contributed by atoms with E-state index in [1.54, 1.807) is 11.1 Å². The SMILES string of the molecule is O=C(O)C(F)(F)F.O=C(c1ccc(OC(F)(F)F)cc1)N1CCC(c2ccnc3[nH]c(-c4c[nH]c5ccccc45)nc23)CC1. The normalized spacial score (nSPS) is 14.4. The number of aliphatic carboxylic acids is 1. The van der Waals surface area contributed by atoms with Gasteiger partial charge in [0.05, 0.1) is 0 Å². The Balaban J connectivity index is 0.000000493. The average Bonchev–Trinajstić information content (AvgIpc) is 3.61. The van der Waals surface area contributed by atoms with Gasteiger partial charge in [-0.3, -0.25) is 4.79 Å². The summed E-state index contributed by atoms with van der Waals surface area (Å²) in [4.78, 5) is 39.6.